The van der Waals surface area contributed by atoms with E-state index < -0.39 is 10.0 Å². The second-order valence-corrected chi connectivity index (χ2v) is 9.24. The quantitative estimate of drug-likeness (QED) is 0.671. The van der Waals surface area contributed by atoms with E-state index in [9.17, 15) is 13.2 Å². The number of hydrogen-bond acceptors (Lipinski definition) is 5. The largest absolute Gasteiger partial charge is 0.493 e. The van der Waals surface area contributed by atoms with Crippen LogP contribution < -0.4 is 13.8 Å². The van der Waals surface area contributed by atoms with Crippen LogP contribution in [0.2, 0.25) is 0 Å². The maximum atomic E-state index is 13.4. The minimum Gasteiger partial charge on any atom is -0.493 e. The fraction of sp³-hybridized carbons (Fsp3) is 0.409. The molecule has 1 aliphatic rings. The molecule has 1 saturated heterocycles. The van der Waals surface area contributed by atoms with E-state index in [1.54, 1.807) is 17.0 Å². The van der Waals surface area contributed by atoms with E-state index >= 15 is 0 Å². The molecule has 1 amide bonds. The molecule has 2 aromatic rings. The summed E-state index contributed by atoms with van der Waals surface area (Å²) < 4.78 is 37.6. The minimum absolute atomic E-state index is 0.107. The lowest BCUT2D eigenvalue weighted by atomic mass is 10.1. The second kappa shape index (κ2) is 9.38. The topological polar surface area (TPSA) is 76.2 Å². The second-order valence-electron chi connectivity index (χ2n) is 7.33. The van der Waals surface area contributed by atoms with Crippen LogP contribution in [0.4, 0.5) is 5.69 Å². The summed E-state index contributed by atoms with van der Waals surface area (Å²) in [5.74, 6) is 0.548. The van der Waals surface area contributed by atoms with Crippen molar-refractivity contribution in [3.05, 3.63) is 53.6 Å². The van der Waals surface area contributed by atoms with E-state index in [4.69, 9.17) is 9.47 Å². The number of nitrogens with zero attached hydrogens (tertiary/aromatic N) is 2. The van der Waals surface area contributed by atoms with Crippen molar-refractivity contribution in [2.24, 2.45) is 0 Å². The van der Waals surface area contributed by atoms with Crippen LogP contribution in [-0.4, -0.2) is 52.8 Å². The Balaban J connectivity index is 2.14. The highest BCUT2D eigenvalue weighted by atomic mass is 32.2. The van der Waals surface area contributed by atoms with Crippen molar-refractivity contribution in [2.45, 2.75) is 25.8 Å². The van der Waals surface area contributed by atoms with Crippen LogP contribution >= 0.6 is 0 Å². The molecule has 0 bridgehead atoms. The molecule has 0 aromatic heterocycles. The molecule has 0 N–H and O–H groups in total. The van der Waals surface area contributed by atoms with Crippen molar-refractivity contribution in [1.29, 1.82) is 0 Å². The molecule has 30 heavy (non-hydrogen) atoms. The Morgan fingerprint density at radius 1 is 1.00 bits per heavy atom. The van der Waals surface area contributed by atoms with Crippen LogP contribution in [0.5, 0.6) is 11.5 Å². The van der Waals surface area contributed by atoms with Crippen molar-refractivity contribution in [1.82, 2.24) is 4.90 Å². The van der Waals surface area contributed by atoms with Gasteiger partial charge in [0.15, 0.2) is 11.5 Å². The number of likely N-dealkylation sites (tertiary alicyclic amines) is 1. The fourth-order valence-electron chi connectivity index (χ4n) is 3.64. The van der Waals surface area contributed by atoms with Crippen molar-refractivity contribution >= 4 is 21.6 Å². The fourth-order valence-corrected chi connectivity index (χ4v) is 4.54. The number of carbonyl (C=O) groups is 1. The number of anilines is 1. The molecule has 2 aromatic carbocycles. The highest BCUT2D eigenvalue weighted by Crippen LogP contribution is 2.37. The van der Waals surface area contributed by atoms with Gasteiger partial charge in [0.2, 0.25) is 10.0 Å². The van der Waals surface area contributed by atoms with Crippen LogP contribution in [0, 0.1) is 0 Å². The van der Waals surface area contributed by atoms with Gasteiger partial charge in [-0.05, 0) is 30.9 Å². The number of methoxy groups -OCH3 is 2. The van der Waals surface area contributed by atoms with Crippen molar-refractivity contribution < 1.29 is 22.7 Å². The van der Waals surface area contributed by atoms with Crippen LogP contribution in [0.1, 0.15) is 35.2 Å². The molecule has 0 saturated carbocycles. The molecule has 1 aliphatic heterocycles. The highest BCUT2D eigenvalue weighted by Gasteiger charge is 2.29. The summed E-state index contributed by atoms with van der Waals surface area (Å²) in [6, 6.07) is 12.4. The zero-order valence-corrected chi connectivity index (χ0v) is 18.4. The van der Waals surface area contributed by atoms with E-state index in [1.807, 2.05) is 30.3 Å². The average molecular weight is 433 g/mol. The number of amides is 1. The summed E-state index contributed by atoms with van der Waals surface area (Å²) in [4.78, 5) is 15.2. The van der Waals surface area contributed by atoms with E-state index in [0.717, 1.165) is 31.1 Å². The number of carbonyl (C=O) groups excluding carboxylic acids is 1. The molecule has 0 aliphatic carbocycles. The molecule has 162 valence electrons. The van der Waals surface area contributed by atoms with Crippen LogP contribution in [-0.2, 0) is 16.6 Å². The Morgan fingerprint density at radius 3 is 2.17 bits per heavy atom. The Kier molecular flexibility index (Phi) is 6.87. The van der Waals surface area contributed by atoms with E-state index in [1.165, 1.54) is 18.5 Å². The first-order valence-electron chi connectivity index (χ1n) is 9.92. The van der Waals surface area contributed by atoms with E-state index in [0.29, 0.717) is 24.6 Å². The molecule has 0 unspecified atom stereocenters. The van der Waals surface area contributed by atoms with Gasteiger partial charge < -0.3 is 14.4 Å². The van der Waals surface area contributed by atoms with Gasteiger partial charge in [-0.2, -0.15) is 0 Å². The standard InChI is InChI=1S/C22H28N2O5S/c1-28-20-14-18(22(25)23-12-8-5-9-13-23)19(15-21(20)29-2)24(30(3,26)27)16-17-10-6-4-7-11-17/h4,6-7,10-11,14-15H,5,8-9,12-13,16H2,1-3H3. The Morgan fingerprint density at radius 2 is 1.60 bits per heavy atom. The Hall–Kier alpha value is -2.74. The third-order valence-electron chi connectivity index (χ3n) is 5.21. The first-order chi connectivity index (χ1) is 14.3. The number of piperidine rings is 1. The molecule has 0 radical (unpaired) electrons. The summed E-state index contributed by atoms with van der Waals surface area (Å²) >= 11 is 0. The van der Waals surface area contributed by atoms with Gasteiger partial charge in [0.25, 0.3) is 5.91 Å². The SMILES string of the molecule is COc1cc(C(=O)N2CCCCC2)c(N(Cc2ccccc2)S(C)(=O)=O)cc1OC. The van der Waals surface area contributed by atoms with Crippen molar-refractivity contribution in [2.75, 3.05) is 37.9 Å². The summed E-state index contributed by atoms with van der Waals surface area (Å²) in [5.41, 5.74) is 1.39. The van der Waals surface area contributed by atoms with Gasteiger partial charge in [-0.1, -0.05) is 30.3 Å². The predicted octanol–water partition coefficient (Wildman–Crippen LogP) is 3.30. The van der Waals surface area contributed by atoms with E-state index in [-0.39, 0.29) is 23.7 Å². The Bertz CT molecular complexity index is 986. The van der Waals surface area contributed by atoms with Crippen LogP contribution in [0.25, 0.3) is 0 Å². The predicted molar refractivity (Wildman–Crippen MR) is 117 cm³/mol. The maximum Gasteiger partial charge on any atom is 0.256 e. The van der Waals surface area contributed by atoms with Gasteiger partial charge in [-0.3, -0.25) is 9.10 Å². The summed E-state index contributed by atoms with van der Waals surface area (Å²) in [5, 5.41) is 0. The number of benzene rings is 2. The molecule has 1 fully saturated rings. The zero-order valence-electron chi connectivity index (χ0n) is 17.6. The summed E-state index contributed by atoms with van der Waals surface area (Å²) in [7, 11) is -0.708. The van der Waals surface area contributed by atoms with Gasteiger partial charge in [0, 0.05) is 19.2 Å². The first-order valence-corrected chi connectivity index (χ1v) is 11.8. The zero-order chi connectivity index (χ0) is 21.7. The van der Waals surface area contributed by atoms with Gasteiger partial charge >= 0.3 is 0 Å². The van der Waals surface area contributed by atoms with Gasteiger partial charge in [-0.25, -0.2) is 8.42 Å². The monoisotopic (exact) mass is 432 g/mol. The maximum absolute atomic E-state index is 13.4. The molecular formula is C22H28N2O5S. The molecule has 1 heterocycles. The first kappa shape index (κ1) is 22.0. The van der Waals surface area contributed by atoms with Crippen molar-refractivity contribution in [3.8, 4) is 11.5 Å². The molecule has 0 atom stereocenters. The lowest BCUT2D eigenvalue weighted by molar-refractivity contribution is 0.0724. The molecule has 3 rings (SSSR count). The normalized spacial score (nSPS) is 14.3. The molecule has 7 nitrogen and oxygen atoms in total. The summed E-state index contributed by atoms with van der Waals surface area (Å²) in [6.07, 6.45) is 4.11. The van der Waals surface area contributed by atoms with Crippen molar-refractivity contribution in [3.63, 3.8) is 0 Å². The third kappa shape index (κ3) is 4.87. The Labute approximate surface area is 178 Å². The lowest BCUT2D eigenvalue weighted by Gasteiger charge is -2.30. The van der Waals surface area contributed by atoms with Crippen LogP contribution in [0.3, 0.4) is 0 Å². The van der Waals surface area contributed by atoms with E-state index in [2.05, 4.69) is 0 Å². The highest BCUT2D eigenvalue weighted by molar-refractivity contribution is 7.92. The smallest absolute Gasteiger partial charge is 0.256 e. The lowest BCUT2D eigenvalue weighted by Crippen LogP contribution is -2.37. The minimum atomic E-state index is -3.68. The number of ether oxygens (including phenoxy) is 2. The summed E-state index contributed by atoms with van der Waals surface area (Å²) in [6.45, 7) is 1.42. The average Bonchev–Trinajstić information content (AvgIpc) is 2.76. The van der Waals surface area contributed by atoms with Crippen LogP contribution in [0.15, 0.2) is 42.5 Å². The van der Waals surface area contributed by atoms with Gasteiger partial charge in [-0.15, -0.1) is 0 Å². The third-order valence-corrected chi connectivity index (χ3v) is 6.34. The van der Waals surface area contributed by atoms with Gasteiger partial charge in [0.05, 0.1) is 38.3 Å². The number of rotatable bonds is 7. The molecule has 0 spiro atoms. The molecule has 8 heteroatoms. The van der Waals surface area contributed by atoms with Gasteiger partial charge in [0.1, 0.15) is 0 Å². The molecular weight excluding hydrogens is 404 g/mol. The number of sulfonamides is 1. The number of hydrogen-bond donors (Lipinski definition) is 0.